The van der Waals surface area contributed by atoms with Crippen LogP contribution in [0.1, 0.15) is 29.8 Å². The molecule has 1 aromatic heterocycles. The van der Waals surface area contributed by atoms with E-state index in [0.717, 1.165) is 18.2 Å². The Morgan fingerprint density at radius 2 is 2.20 bits per heavy atom. The minimum Gasteiger partial charge on any atom is -0.464 e. The summed E-state index contributed by atoms with van der Waals surface area (Å²) in [6, 6.07) is 0. The summed E-state index contributed by atoms with van der Waals surface area (Å²) >= 11 is 1.51. The van der Waals surface area contributed by atoms with Crippen LogP contribution in [0.15, 0.2) is 5.38 Å². The van der Waals surface area contributed by atoms with Crippen LogP contribution in [-0.2, 0) is 4.74 Å². The van der Waals surface area contributed by atoms with Crippen molar-refractivity contribution in [3.8, 4) is 0 Å². The number of anilines is 1. The standard InChI is InChI=1S/C10H14N2O2S/c1-14-9(13)8-7-15-10(11-8)12-5-3-2-4-6-12/h7H,2-6H2,1H3. The topological polar surface area (TPSA) is 42.4 Å². The van der Waals surface area contributed by atoms with Crippen LogP contribution < -0.4 is 4.90 Å². The van der Waals surface area contributed by atoms with Gasteiger partial charge in [0.1, 0.15) is 0 Å². The summed E-state index contributed by atoms with van der Waals surface area (Å²) in [5.74, 6) is -0.352. The Labute approximate surface area is 92.9 Å². The molecule has 0 aromatic carbocycles. The first-order chi connectivity index (χ1) is 7.31. The third-order valence-electron chi connectivity index (χ3n) is 2.51. The number of rotatable bonds is 2. The van der Waals surface area contributed by atoms with Crippen molar-refractivity contribution in [2.75, 3.05) is 25.1 Å². The minimum absolute atomic E-state index is 0.352. The van der Waals surface area contributed by atoms with Gasteiger partial charge in [0.05, 0.1) is 7.11 Å². The highest BCUT2D eigenvalue weighted by atomic mass is 32.1. The molecular weight excluding hydrogens is 212 g/mol. The van der Waals surface area contributed by atoms with Crippen molar-refractivity contribution in [1.82, 2.24) is 4.98 Å². The van der Waals surface area contributed by atoms with E-state index in [1.807, 2.05) is 0 Å². The fourth-order valence-corrected chi connectivity index (χ4v) is 2.54. The Hall–Kier alpha value is -1.10. The number of thiazole rings is 1. The van der Waals surface area contributed by atoms with Gasteiger partial charge < -0.3 is 9.64 Å². The summed E-state index contributed by atoms with van der Waals surface area (Å²) in [5, 5.41) is 2.70. The van der Waals surface area contributed by atoms with Gasteiger partial charge in [-0.05, 0) is 19.3 Å². The van der Waals surface area contributed by atoms with Gasteiger partial charge in [-0.15, -0.1) is 11.3 Å². The lowest BCUT2D eigenvalue weighted by Crippen LogP contribution is -2.29. The molecule has 82 valence electrons. The number of nitrogens with zero attached hydrogens (tertiary/aromatic N) is 2. The number of methoxy groups -OCH3 is 1. The predicted molar refractivity (Wildman–Crippen MR) is 59.5 cm³/mol. The molecule has 0 atom stereocenters. The molecule has 1 saturated heterocycles. The molecule has 1 aliphatic heterocycles. The number of esters is 1. The van der Waals surface area contributed by atoms with E-state index in [2.05, 4.69) is 14.6 Å². The van der Waals surface area contributed by atoms with Gasteiger partial charge in [0, 0.05) is 18.5 Å². The second-order valence-corrected chi connectivity index (χ2v) is 4.39. The van der Waals surface area contributed by atoms with E-state index in [0.29, 0.717) is 5.69 Å². The Morgan fingerprint density at radius 3 is 2.87 bits per heavy atom. The van der Waals surface area contributed by atoms with Gasteiger partial charge in [-0.1, -0.05) is 0 Å². The summed E-state index contributed by atoms with van der Waals surface area (Å²) in [7, 11) is 1.38. The molecule has 1 fully saturated rings. The molecule has 4 nitrogen and oxygen atoms in total. The van der Waals surface area contributed by atoms with Crippen LogP contribution in [0.5, 0.6) is 0 Å². The fourth-order valence-electron chi connectivity index (χ4n) is 1.69. The van der Waals surface area contributed by atoms with Gasteiger partial charge in [-0.25, -0.2) is 9.78 Å². The maximum Gasteiger partial charge on any atom is 0.357 e. The Bertz CT molecular complexity index is 345. The number of hydrogen-bond donors (Lipinski definition) is 0. The van der Waals surface area contributed by atoms with Crippen molar-refractivity contribution in [2.45, 2.75) is 19.3 Å². The maximum atomic E-state index is 11.2. The molecule has 15 heavy (non-hydrogen) atoms. The third-order valence-corrected chi connectivity index (χ3v) is 3.41. The molecule has 0 saturated carbocycles. The third kappa shape index (κ3) is 2.28. The second kappa shape index (κ2) is 4.61. The summed E-state index contributed by atoms with van der Waals surface area (Å²) in [6.45, 7) is 2.10. The van der Waals surface area contributed by atoms with E-state index in [9.17, 15) is 4.79 Å². The van der Waals surface area contributed by atoms with Crippen LogP contribution in [0.25, 0.3) is 0 Å². The maximum absolute atomic E-state index is 11.2. The largest absolute Gasteiger partial charge is 0.464 e. The molecule has 0 amide bonds. The molecule has 2 heterocycles. The van der Waals surface area contributed by atoms with Crippen LogP contribution in [0.4, 0.5) is 5.13 Å². The summed E-state index contributed by atoms with van der Waals surface area (Å²) in [5.41, 5.74) is 0.420. The van der Waals surface area contributed by atoms with Crippen molar-refractivity contribution in [3.05, 3.63) is 11.1 Å². The first kappa shape index (κ1) is 10.4. The second-order valence-electron chi connectivity index (χ2n) is 3.55. The molecular formula is C10H14N2O2S. The first-order valence-corrected chi connectivity index (χ1v) is 5.98. The summed E-state index contributed by atoms with van der Waals surface area (Å²) in [6.07, 6.45) is 3.73. The number of carbonyl (C=O) groups is 1. The van der Waals surface area contributed by atoms with Gasteiger partial charge in [0.2, 0.25) is 0 Å². The predicted octanol–water partition coefficient (Wildman–Crippen LogP) is 1.92. The summed E-state index contributed by atoms with van der Waals surface area (Å²) in [4.78, 5) is 17.7. The molecule has 5 heteroatoms. The first-order valence-electron chi connectivity index (χ1n) is 5.10. The normalized spacial score (nSPS) is 16.5. The fraction of sp³-hybridized carbons (Fsp3) is 0.600. The number of hydrogen-bond acceptors (Lipinski definition) is 5. The molecule has 0 unspecified atom stereocenters. The number of ether oxygens (including phenoxy) is 1. The minimum atomic E-state index is -0.352. The zero-order chi connectivity index (χ0) is 10.7. The highest BCUT2D eigenvalue weighted by Crippen LogP contribution is 2.24. The van der Waals surface area contributed by atoms with Crippen LogP contribution in [0.2, 0.25) is 0 Å². The zero-order valence-electron chi connectivity index (χ0n) is 8.73. The quantitative estimate of drug-likeness (QED) is 0.722. The molecule has 0 radical (unpaired) electrons. The van der Waals surface area contributed by atoms with Crippen molar-refractivity contribution in [2.24, 2.45) is 0 Å². The van der Waals surface area contributed by atoms with Crippen molar-refractivity contribution < 1.29 is 9.53 Å². The molecule has 1 aromatic rings. The van der Waals surface area contributed by atoms with E-state index in [1.54, 1.807) is 5.38 Å². The molecule has 0 N–H and O–H groups in total. The molecule has 1 aliphatic rings. The smallest absolute Gasteiger partial charge is 0.357 e. The van der Waals surface area contributed by atoms with E-state index in [4.69, 9.17) is 0 Å². The Morgan fingerprint density at radius 1 is 1.47 bits per heavy atom. The van der Waals surface area contributed by atoms with Gasteiger partial charge in [-0.2, -0.15) is 0 Å². The monoisotopic (exact) mass is 226 g/mol. The van der Waals surface area contributed by atoms with Crippen LogP contribution in [0.3, 0.4) is 0 Å². The Kier molecular flexibility index (Phi) is 3.20. The van der Waals surface area contributed by atoms with Crippen molar-refractivity contribution in [3.63, 3.8) is 0 Å². The molecule has 0 bridgehead atoms. The average Bonchev–Trinajstić information content (AvgIpc) is 2.78. The average molecular weight is 226 g/mol. The van der Waals surface area contributed by atoms with Crippen LogP contribution in [-0.4, -0.2) is 31.2 Å². The van der Waals surface area contributed by atoms with Gasteiger partial charge in [0.15, 0.2) is 10.8 Å². The molecule has 0 spiro atoms. The lowest BCUT2D eigenvalue weighted by molar-refractivity contribution is 0.0595. The van der Waals surface area contributed by atoms with Crippen molar-refractivity contribution in [1.29, 1.82) is 0 Å². The lowest BCUT2D eigenvalue weighted by atomic mass is 10.1. The molecule has 2 rings (SSSR count). The van der Waals surface area contributed by atoms with Crippen LogP contribution in [0, 0.1) is 0 Å². The van der Waals surface area contributed by atoms with Gasteiger partial charge in [-0.3, -0.25) is 0 Å². The summed E-state index contributed by atoms with van der Waals surface area (Å²) < 4.78 is 4.62. The van der Waals surface area contributed by atoms with E-state index >= 15 is 0 Å². The van der Waals surface area contributed by atoms with E-state index in [1.165, 1.54) is 37.7 Å². The highest BCUT2D eigenvalue weighted by molar-refractivity contribution is 7.13. The van der Waals surface area contributed by atoms with Crippen molar-refractivity contribution >= 4 is 22.4 Å². The lowest BCUT2D eigenvalue weighted by Gasteiger charge is -2.25. The van der Waals surface area contributed by atoms with Crippen LogP contribution >= 0.6 is 11.3 Å². The number of aromatic nitrogens is 1. The Balaban J connectivity index is 2.08. The van der Waals surface area contributed by atoms with Gasteiger partial charge in [0.25, 0.3) is 0 Å². The zero-order valence-corrected chi connectivity index (χ0v) is 9.55. The van der Waals surface area contributed by atoms with E-state index in [-0.39, 0.29) is 5.97 Å². The van der Waals surface area contributed by atoms with E-state index < -0.39 is 0 Å². The van der Waals surface area contributed by atoms with Gasteiger partial charge >= 0.3 is 5.97 Å². The SMILES string of the molecule is COC(=O)c1csc(N2CCCCC2)n1. The highest BCUT2D eigenvalue weighted by Gasteiger charge is 2.16. The number of piperidine rings is 1. The number of carbonyl (C=O) groups excluding carboxylic acids is 1. The molecule has 0 aliphatic carbocycles.